The summed E-state index contributed by atoms with van der Waals surface area (Å²) in [4.78, 5) is 23.8. The van der Waals surface area contributed by atoms with E-state index in [1.54, 1.807) is 12.1 Å². The number of amides is 1. The summed E-state index contributed by atoms with van der Waals surface area (Å²) in [6.45, 7) is 2.58. The zero-order valence-electron chi connectivity index (χ0n) is 14.5. The number of nitrogens with one attached hydrogen (secondary N) is 1. The molecule has 1 aromatic rings. The molecule has 2 atom stereocenters. The molecule has 25 heavy (non-hydrogen) atoms. The molecule has 0 saturated heterocycles. The number of aliphatic carboxylic acids is 1. The zero-order valence-corrected chi connectivity index (χ0v) is 15.3. The van der Waals surface area contributed by atoms with Crippen LogP contribution in [0.5, 0.6) is 11.5 Å². The summed E-state index contributed by atoms with van der Waals surface area (Å²) in [5.74, 6) is -1.24. The van der Waals surface area contributed by atoms with Gasteiger partial charge in [-0.2, -0.15) is 0 Å². The maximum atomic E-state index is 12.4. The van der Waals surface area contributed by atoms with E-state index in [2.05, 4.69) is 5.32 Å². The Morgan fingerprint density at radius 2 is 1.96 bits per heavy atom. The monoisotopic (exact) mass is 369 g/mol. The molecule has 0 bridgehead atoms. The molecule has 138 valence electrons. The molecular formula is C18H24ClNO5. The standard InChI is InChI=1S/C18H24ClNO5/c1-3-25-15-9-11(8-14(19)16(15)24-2)10-20-17(21)12-6-4-5-7-13(12)18(22)23/h8-9,12-13H,3-7,10H2,1-2H3,(H,20,21)(H,22,23). The third kappa shape index (κ3) is 4.78. The second-order valence-electron chi connectivity index (χ2n) is 6.10. The quantitative estimate of drug-likeness (QED) is 0.770. The number of hydrogen-bond donors (Lipinski definition) is 2. The van der Waals surface area contributed by atoms with Gasteiger partial charge in [0.15, 0.2) is 11.5 Å². The fourth-order valence-corrected chi connectivity index (χ4v) is 3.56. The van der Waals surface area contributed by atoms with Crippen LogP contribution < -0.4 is 14.8 Å². The number of carboxylic acids is 1. The molecule has 7 heteroatoms. The minimum absolute atomic E-state index is 0.225. The molecule has 1 aromatic carbocycles. The largest absolute Gasteiger partial charge is 0.491 e. The number of rotatable bonds is 7. The van der Waals surface area contributed by atoms with Crippen molar-refractivity contribution in [2.75, 3.05) is 13.7 Å². The lowest BCUT2D eigenvalue weighted by Gasteiger charge is -2.27. The summed E-state index contributed by atoms with van der Waals surface area (Å²) >= 11 is 6.20. The molecule has 0 aromatic heterocycles. The van der Waals surface area contributed by atoms with E-state index in [-0.39, 0.29) is 12.5 Å². The maximum Gasteiger partial charge on any atom is 0.307 e. The van der Waals surface area contributed by atoms with Gasteiger partial charge in [0, 0.05) is 6.54 Å². The third-order valence-corrected chi connectivity index (χ3v) is 4.74. The van der Waals surface area contributed by atoms with Crippen LogP contribution in [-0.4, -0.2) is 30.7 Å². The molecule has 0 spiro atoms. The van der Waals surface area contributed by atoms with Gasteiger partial charge in [0.2, 0.25) is 5.91 Å². The lowest BCUT2D eigenvalue weighted by atomic mass is 9.78. The first-order valence-corrected chi connectivity index (χ1v) is 8.85. The van der Waals surface area contributed by atoms with E-state index >= 15 is 0 Å². The maximum absolute atomic E-state index is 12.4. The third-order valence-electron chi connectivity index (χ3n) is 4.46. The molecule has 1 amide bonds. The van der Waals surface area contributed by atoms with Crippen molar-refractivity contribution in [2.45, 2.75) is 39.2 Å². The van der Waals surface area contributed by atoms with Crippen LogP contribution in [-0.2, 0) is 16.1 Å². The highest BCUT2D eigenvalue weighted by molar-refractivity contribution is 6.32. The molecule has 2 unspecified atom stereocenters. The van der Waals surface area contributed by atoms with Crippen molar-refractivity contribution in [3.8, 4) is 11.5 Å². The molecule has 6 nitrogen and oxygen atoms in total. The Morgan fingerprint density at radius 1 is 1.28 bits per heavy atom. The van der Waals surface area contributed by atoms with Gasteiger partial charge in [0.05, 0.1) is 30.6 Å². The topological polar surface area (TPSA) is 84.9 Å². The number of carboxylic acid groups (broad SMARTS) is 1. The summed E-state index contributed by atoms with van der Waals surface area (Å²) < 4.78 is 10.8. The van der Waals surface area contributed by atoms with Crippen molar-refractivity contribution in [1.82, 2.24) is 5.32 Å². The van der Waals surface area contributed by atoms with Gasteiger partial charge >= 0.3 is 5.97 Å². The Bertz CT molecular complexity index is 634. The van der Waals surface area contributed by atoms with Crippen LogP contribution in [0.25, 0.3) is 0 Å². The first-order chi connectivity index (χ1) is 12.0. The van der Waals surface area contributed by atoms with Crippen LogP contribution in [0.3, 0.4) is 0 Å². The predicted octanol–water partition coefficient (Wildman–Crippen LogP) is 3.25. The normalized spacial score (nSPS) is 20.0. The number of benzene rings is 1. The Labute approximate surface area is 152 Å². The van der Waals surface area contributed by atoms with Crippen molar-refractivity contribution >= 4 is 23.5 Å². The SMILES string of the molecule is CCOc1cc(CNC(=O)C2CCCCC2C(=O)O)cc(Cl)c1OC. The Kier molecular flexibility index (Phi) is 6.93. The molecule has 1 aliphatic rings. The van der Waals surface area contributed by atoms with E-state index in [1.807, 2.05) is 6.92 Å². The van der Waals surface area contributed by atoms with Crippen molar-refractivity contribution in [3.05, 3.63) is 22.7 Å². The molecule has 1 fully saturated rings. The Balaban J connectivity index is 2.07. The summed E-state index contributed by atoms with van der Waals surface area (Å²) in [5, 5.41) is 12.5. The summed E-state index contributed by atoms with van der Waals surface area (Å²) in [7, 11) is 1.51. The van der Waals surface area contributed by atoms with Gasteiger partial charge in [-0.15, -0.1) is 0 Å². The van der Waals surface area contributed by atoms with E-state index in [0.29, 0.717) is 36.0 Å². The van der Waals surface area contributed by atoms with Gasteiger partial charge in [-0.05, 0) is 37.5 Å². The van der Waals surface area contributed by atoms with Crippen LogP contribution >= 0.6 is 11.6 Å². The molecule has 2 N–H and O–H groups in total. The summed E-state index contributed by atoms with van der Waals surface area (Å²) in [5.41, 5.74) is 0.769. The van der Waals surface area contributed by atoms with E-state index in [1.165, 1.54) is 7.11 Å². The number of carbonyl (C=O) groups is 2. The highest BCUT2D eigenvalue weighted by atomic mass is 35.5. The second kappa shape index (κ2) is 8.94. The number of hydrogen-bond acceptors (Lipinski definition) is 4. The van der Waals surface area contributed by atoms with Crippen LogP contribution in [0.2, 0.25) is 5.02 Å². The lowest BCUT2D eigenvalue weighted by Crippen LogP contribution is -2.39. The fourth-order valence-electron chi connectivity index (χ4n) is 3.25. The van der Waals surface area contributed by atoms with Gasteiger partial charge < -0.3 is 19.9 Å². The average molecular weight is 370 g/mol. The van der Waals surface area contributed by atoms with E-state index < -0.39 is 17.8 Å². The molecular weight excluding hydrogens is 346 g/mol. The highest BCUT2D eigenvalue weighted by Crippen LogP contribution is 2.36. The summed E-state index contributed by atoms with van der Waals surface area (Å²) in [6, 6.07) is 3.47. The van der Waals surface area contributed by atoms with E-state index in [4.69, 9.17) is 21.1 Å². The molecule has 2 rings (SSSR count). The van der Waals surface area contributed by atoms with Crippen molar-refractivity contribution in [1.29, 1.82) is 0 Å². The predicted molar refractivity (Wildman–Crippen MR) is 94.1 cm³/mol. The van der Waals surface area contributed by atoms with Crippen LogP contribution in [0.15, 0.2) is 12.1 Å². The van der Waals surface area contributed by atoms with Crippen LogP contribution in [0.4, 0.5) is 0 Å². The van der Waals surface area contributed by atoms with Crippen molar-refractivity contribution in [3.63, 3.8) is 0 Å². The molecule has 1 saturated carbocycles. The lowest BCUT2D eigenvalue weighted by molar-refractivity contribution is -0.148. The number of ether oxygens (including phenoxy) is 2. The van der Waals surface area contributed by atoms with Gasteiger partial charge in [-0.1, -0.05) is 24.4 Å². The van der Waals surface area contributed by atoms with Gasteiger partial charge in [0.1, 0.15) is 0 Å². The van der Waals surface area contributed by atoms with E-state index in [0.717, 1.165) is 18.4 Å². The number of carbonyl (C=O) groups excluding carboxylic acids is 1. The Hall–Kier alpha value is -1.95. The minimum atomic E-state index is -0.897. The fraction of sp³-hybridized carbons (Fsp3) is 0.556. The minimum Gasteiger partial charge on any atom is -0.491 e. The first kappa shape index (κ1) is 19.4. The Morgan fingerprint density at radius 3 is 2.56 bits per heavy atom. The van der Waals surface area contributed by atoms with Gasteiger partial charge in [-0.3, -0.25) is 9.59 Å². The molecule has 1 aliphatic carbocycles. The van der Waals surface area contributed by atoms with Crippen LogP contribution in [0, 0.1) is 11.8 Å². The highest BCUT2D eigenvalue weighted by Gasteiger charge is 2.35. The first-order valence-electron chi connectivity index (χ1n) is 8.47. The van der Waals surface area contributed by atoms with Gasteiger partial charge in [-0.25, -0.2) is 0 Å². The van der Waals surface area contributed by atoms with Crippen molar-refractivity contribution in [2.24, 2.45) is 11.8 Å². The van der Waals surface area contributed by atoms with Crippen molar-refractivity contribution < 1.29 is 24.2 Å². The molecule has 0 radical (unpaired) electrons. The van der Waals surface area contributed by atoms with Gasteiger partial charge in [0.25, 0.3) is 0 Å². The second-order valence-corrected chi connectivity index (χ2v) is 6.50. The molecule has 0 heterocycles. The van der Waals surface area contributed by atoms with Crippen LogP contribution in [0.1, 0.15) is 38.2 Å². The average Bonchev–Trinajstić information content (AvgIpc) is 2.59. The number of halogens is 1. The molecule has 0 aliphatic heterocycles. The van der Waals surface area contributed by atoms with E-state index in [9.17, 15) is 14.7 Å². The number of methoxy groups -OCH3 is 1. The summed E-state index contributed by atoms with van der Waals surface area (Å²) in [6.07, 6.45) is 2.89. The zero-order chi connectivity index (χ0) is 18.4. The smallest absolute Gasteiger partial charge is 0.307 e.